The topological polar surface area (TPSA) is 71.3 Å². The van der Waals surface area contributed by atoms with Crippen molar-refractivity contribution in [2.75, 3.05) is 18.4 Å². The van der Waals surface area contributed by atoms with E-state index in [2.05, 4.69) is 36.6 Å². The van der Waals surface area contributed by atoms with Crippen LogP contribution in [0, 0.1) is 0 Å². The summed E-state index contributed by atoms with van der Waals surface area (Å²) in [5.74, 6) is 0.507. The Balaban J connectivity index is 1.97. The van der Waals surface area contributed by atoms with Crippen molar-refractivity contribution in [2.24, 2.45) is 0 Å². The number of carbonyl (C=O) groups excluding carboxylic acids is 1. The molecule has 2 aromatic rings. The zero-order valence-corrected chi connectivity index (χ0v) is 10.9. The SMILES string of the molecule is CC(=O)NCCNc1nc2ccc(Br)cn2n1. The molecule has 6 nitrogen and oxygen atoms in total. The summed E-state index contributed by atoms with van der Waals surface area (Å²) in [5, 5.41) is 9.97. The first-order valence-corrected chi connectivity index (χ1v) is 5.95. The van der Waals surface area contributed by atoms with Gasteiger partial charge in [-0.1, -0.05) is 0 Å². The lowest BCUT2D eigenvalue weighted by atomic mass is 10.5. The standard InChI is InChI=1S/C10H12BrN5O/c1-7(17)12-4-5-13-10-14-9-3-2-8(11)6-16(9)15-10/h2-3,6H,4-5H2,1H3,(H,12,17)(H,13,15). The molecule has 0 atom stereocenters. The van der Waals surface area contributed by atoms with Gasteiger partial charge in [0.05, 0.1) is 0 Å². The van der Waals surface area contributed by atoms with E-state index in [1.807, 2.05) is 18.3 Å². The second-order valence-electron chi connectivity index (χ2n) is 3.50. The summed E-state index contributed by atoms with van der Waals surface area (Å²) < 4.78 is 2.63. The van der Waals surface area contributed by atoms with Gasteiger partial charge in [-0.3, -0.25) is 4.79 Å². The van der Waals surface area contributed by atoms with Gasteiger partial charge in [-0.15, -0.1) is 5.10 Å². The van der Waals surface area contributed by atoms with Crippen molar-refractivity contribution in [3.63, 3.8) is 0 Å². The minimum atomic E-state index is -0.0429. The molecule has 2 N–H and O–H groups in total. The molecular weight excluding hydrogens is 286 g/mol. The van der Waals surface area contributed by atoms with Gasteiger partial charge in [-0.2, -0.15) is 4.98 Å². The minimum Gasteiger partial charge on any atom is -0.355 e. The number of pyridine rings is 1. The fourth-order valence-electron chi connectivity index (χ4n) is 1.35. The van der Waals surface area contributed by atoms with Crippen molar-refractivity contribution in [3.8, 4) is 0 Å². The van der Waals surface area contributed by atoms with E-state index in [4.69, 9.17) is 0 Å². The predicted octanol–water partition coefficient (Wildman–Crippen LogP) is 1.04. The van der Waals surface area contributed by atoms with Gasteiger partial charge in [0.1, 0.15) is 0 Å². The average Bonchev–Trinajstić information content (AvgIpc) is 2.66. The summed E-state index contributed by atoms with van der Waals surface area (Å²) in [6.07, 6.45) is 1.83. The van der Waals surface area contributed by atoms with Gasteiger partial charge in [0, 0.05) is 30.7 Å². The maximum absolute atomic E-state index is 10.7. The van der Waals surface area contributed by atoms with E-state index in [0.29, 0.717) is 19.0 Å². The maximum Gasteiger partial charge on any atom is 0.243 e. The van der Waals surface area contributed by atoms with Gasteiger partial charge < -0.3 is 10.6 Å². The van der Waals surface area contributed by atoms with Gasteiger partial charge in [-0.05, 0) is 28.1 Å². The lowest BCUT2D eigenvalue weighted by Crippen LogP contribution is -2.26. The van der Waals surface area contributed by atoms with Gasteiger partial charge in [0.2, 0.25) is 11.9 Å². The zero-order chi connectivity index (χ0) is 12.3. The molecule has 2 heterocycles. The fourth-order valence-corrected chi connectivity index (χ4v) is 1.67. The second-order valence-corrected chi connectivity index (χ2v) is 4.41. The van der Waals surface area contributed by atoms with Crippen molar-refractivity contribution < 1.29 is 4.79 Å². The molecule has 1 amide bonds. The lowest BCUT2D eigenvalue weighted by Gasteiger charge is -2.01. The first kappa shape index (κ1) is 11.8. The average molecular weight is 298 g/mol. The van der Waals surface area contributed by atoms with Crippen LogP contribution >= 0.6 is 15.9 Å². The molecule has 0 aliphatic rings. The highest BCUT2D eigenvalue weighted by Gasteiger charge is 2.02. The minimum absolute atomic E-state index is 0.0429. The van der Waals surface area contributed by atoms with Gasteiger partial charge in [0.25, 0.3) is 0 Å². The predicted molar refractivity (Wildman–Crippen MR) is 67.9 cm³/mol. The normalized spacial score (nSPS) is 10.5. The molecule has 0 unspecified atom stereocenters. The van der Waals surface area contributed by atoms with E-state index in [0.717, 1.165) is 10.1 Å². The van der Waals surface area contributed by atoms with E-state index in [-0.39, 0.29) is 5.91 Å². The van der Waals surface area contributed by atoms with Crippen molar-refractivity contribution in [3.05, 3.63) is 22.8 Å². The number of halogens is 1. The number of rotatable bonds is 4. The Hall–Kier alpha value is -1.63. The highest BCUT2D eigenvalue weighted by Crippen LogP contribution is 2.11. The molecule has 2 aromatic heterocycles. The van der Waals surface area contributed by atoms with Crippen LogP contribution in [0.1, 0.15) is 6.92 Å². The van der Waals surface area contributed by atoms with Crippen LogP contribution in [0.15, 0.2) is 22.8 Å². The van der Waals surface area contributed by atoms with Crippen LogP contribution in [-0.2, 0) is 4.79 Å². The summed E-state index contributed by atoms with van der Waals surface area (Å²) in [6, 6.07) is 3.78. The van der Waals surface area contributed by atoms with Crippen molar-refractivity contribution in [1.82, 2.24) is 19.9 Å². The molecule has 2 rings (SSSR count). The highest BCUT2D eigenvalue weighted by molar-refractivity contribution is 9.10. The summed E-state index contributed by atoms with van der Waals surface area (Å²) >= 11 is 3.36. The second kappa shape index (κ2) is 5.13. The molecule has 17 heavy (non-hydrogen) atoms. The van der Waals surface area contributed by atoms with Crippen molar-refractivity contribution in [1.29, 1.82) is 0 Å². The quantitative estimate of drug-likeness (QED) is 0.827. The molecule has 0 radical (unpaired) electrons. The van der Waals surface area contributed by atoms with Crippen molar-refractivity contribution in [2.45, 2.75) is 6.92 Å². The first-order chi connectivity index (χ1) is 8.15. The largest absolute Gasteiger partial charge is 0.355 e. The number of nitrogens with one attached hydrogen (secondary N) is 2. The fraction of sp³-hybridized carbons (Fsp3) is 0.300. The molecule has 0 aliphatic heterocycles. The molecular formula is C10H12BrN5O. The Kier molecular flexibility index (Phi) is 3.58. The van der Waals surface area contributed by atoms with Crippen LogP contribution < -0.4 is 10.6 Å². The first-order valence-electron chi connectivity index (χ1n) is 5.15. The third kappa shape index (κ3) is 3.16. The monoisotopic (exact) mass is 297 g/mol. The van der Waals surface area contributed by atoms with Gasteiger partial charge in [0.15, 0.2) is 5.65 Å². The Morgan fingerprint density at radius 3 is 3.06 bits per heavy atom. The van der Waals surface area contributed by atoms with E-state index in [9.17, 15) is 4.79 Å². The maximum atomic E-state index is 10.7. The van der Waals surface area contributed by atoms with Gasteiger partial charge >= 0.3 is 0 Å². The van der Waals surface area contributed by atoms with Crippen LogP contribution in [0.2, 0.25) is 0 Å². The Labute approximate surface area is 107 Å². The highest BCUT2D eigenvalue weighted by atomic mass is 79.9. The number of anilines is 1. The summed E-state index contributed by atoms with van der Waals surface area (Å²) in [6.45, 7) is 2.63. The number of hydrogen-bond acceptors (Lipinski definition) is 4. The van der Waals surface area contributed by atoms with Crippen LogP contribution in [-0.4, -0.2) is 33.6 Å². The summed E-state index contributed by atoms with van der Waals surface area (Å²) in [4.78, 5) is 14.9. The molecule has 0 aliphatic carbocycles. The number of nitrogens with zero attached hydrogens (tertiary/aromatic N) is 3. The zero-order valence-electron chi connectivity index (χ0n) is 9.27. The van der Waals surface area contributed by atoms with Crippen LogP contribution in [0.25, 0.3) is 5.65 Å². The van der Waals surface area contributed by atoms with E-state index >= 15 is 0 Å². The smallest absolute Gasteiger partial charge is 0.243 e. The van der Waals surface area contributed by atoms with Crippen LogP contribution in [0.4, 0.5) is 5.95 Å². The van der Waals surface area contributed by atoms with Crippen LogP contribution in [0.5, 0.6) is 0 Å². The Bertz CT molecular complexity index is 538. The number of aromatic nitrogens is 3. The third-order valence-corrected chi connectivity index (χ3v) is 2.55. The van der Waals surface area contributed by atoms with E-state index in [1.54, 1.807) is 4.52 Å². The van der Waals surface area contributed by atoms with Crippen LogP contribution in [0.3, 0.4) is 0 Å². The van der Waals surface area contributed by atoms with Crippen molar-refractivity contribution >= 4 is 33.4 Å². The van der Waals surface area contributed by atoms with E-state index in [1.165, 1.54) is 6.92 Å². The molecule has 0 spiro atoms. The summed E-state index contributed by atoms with van der Waals surface area (Å²) in [5.41, 5.74) is 0.773. The Morgan fingerprint density at radius 1 is 1.47 bits per heavy atom. The number of hydrogen-bond donors (Lipinski definition) is 2. The number of carbonyl (C=O) groups is 1. The Morgan fingerprint density at radius 2 is 2.29 bits per heavy atom. The number of fused-ring (bicyclic) bond motifs is 1. The molecule has 0 saturated carbocycles. The molecule has 0 fully saturated rings. The third-order valence-electron chi connectivity index (χ3n) is 2.08. The van der Waals surface area contributed by atoms with Gasteiger partial charge in [-0.25, -0.2) is 4.52 Å². The number of amides is 1. The van der Waals surface area contributed by atoms with E-state index < -0.39 is 0 Å². The lowest BCUT2D eigenvalue weighted by molar-refractivity contribution is -0.118. The molecule has 0 bridgehead atoms. The molecule has 90 valence electrons. The molecule has 0 aromatic carbocycles. The molecule has 7 heteroatoms. The molecule has 0 saturated heterocycles. The summed E-state index contributed by atoms with van der Waals surface area (Å²) in [7, 11) is 0.